The number of carbonyl (C=O) groups is 4. The summed E-state index contributed by atoms with van der Waals surface area (Å²) in [5.41, 5.74) is 0.596. The summed E-state index contributed by atoms with van der Waals surface area (Å²) < 4.78 is 4.97. The van der Waals surface area contributed by atoms with Gasteiger partial charge in [0.05, 0.1) is 11.8 Å². The first-order valence-electron chi connectivity index (χ1n) is 9.58. The third-order valence-corrected chi connectivity index (χ3v) is 6.46. The zero-order chi connectivity index (χ0) is 19.4. The van der Waals surface area contributed by atoms with E-state index in [4.69, 9.17) is 4.74 Å². The summed E-state index contributed by atoms with van der Waals surface area (Å²) in [6, 6.07) is 8.81. The van der Waals surface area contributed by atoms with E-state index in [0.717, 1.165) is 11.3 Å². The van der Waals surface area contributed by atoms with E-state index in [0.29, 0.717) is 17.5 Å². The summed E-state index contributed by atoms with van der Waals surface area (Å²) in [6.45, 7) is -0.897. The van der Waals surface area contributed by atoms with Gasteiger partial charge in [0.25, 0.3) is 5.91 Å². The zero-order valence-corrected chi connectivity index (χ0v) is 15.1. The average molecular weight is 380 g/mol. The number of hydrogen-bond acceptors (Lipinski definition) is 5. The van der Waals surface area contributed by atoms with Gasteiger partial charge in [-0.1, -0.05) is 30.4 Å². The fraction of sp³-hybridized carbons (Fsp3) is 0.429. The van der Waals surface area contributed by atoms with E-state index >= 15 is 0 Å². The summed E-state index contributed by atoms with van der Waals surface area (Å²) in [7, 11) is 0. The summed E-state index contributed by atoms with van der Waals surface area (Å²) in [5, 5.41) is 2.61. The molecule has 3 fully saturated rings. The van der Waals surface area contributed by atoms with Crippen molar-refractivity contribution in [2.45, 2.75) is 6.42 Å². The Morgan fingerprint density at radius 1 is 1.00 bits per heavy atom. The number of likely N-dealkylation sites (tertiary alicyclic amines) is 1. The largest absolute Gasteiger partial charge is 0.454 e. The standard InChI is InChI=1S/C21H20N2O5/c24-16(22-11-4-2-1-3-5-11)10-28-17(25)9-23-20(26)18-12-6-7-13(15-8-14(12)15)19(18)21(23)27/h1-7,12-15,18-19H,8-10H2,(H,22,24)/t12-,13+,14-,15-,18+,19+/m1/s1. The molecule has 2 bridgehead atoms. The number of imide groups is 1. The second-order valence-electron chi connectivity index (χ2n) is 7.99. The van der Waals surface area contributed by atoms with Crippen LogP contribution >= 0.6 is 0 Å². The summed E-state index contributed by atoms with van der Waals surface area (Å²) >= 11 is 0. The number of para-hydroxylation sites is 1. The van der Waals surface area contributed by atoms with Crippen molar-refractivity contribution in [3.63, 3.8) is 0 Å². The van der Waals surface area contributed by atoms with E-state index in [1.54, 1.807) is 24.3 Å². The molecule has 0 spiro atoms. The molecule has 5 aliphatic rings. The summed E-state index contributed by atoms with van der Waals surface area (Å²) in [4.78, 5) is 50.7. The summed E-state index contributed by atoms with van der Waals surface area (Å²) in [6.07, 6.45) is 5.26. The Balaban J connectivity index is 1.18. The first kappa shape index (κ1) is 17.2. The molecule has 1 N–H and O–H groups in total. The smallest absolute Gasteiger partial charge is 0.326 e. The molecule has 6 rings (SSSR count). The molecule has 1 aliphatic heterocycles. The van der Waals surface area contributed by atoms with Gasteiger partial charge in [-0.3, -0.25) is 24.1 Å². The highest BCUT2D eigenvalue weighted by molar-refractivity contribution is 6.08. The molecule has 28 heavy (non-hydrogen) atoms. The number of hydrogen-bond donors (Lipinski definition) is 1. The van der Waals surface area contributed by atoms with E-state index in [9.17, 15) is 19.2 Å². The first-order chi connectivity index (χ1) is 13.5. The normalized spacial score (nSPS) is 34.1. The van der Waals surface area contributed by atoms with Crippen molar-refractivity contribution in [3.05, 3.63) is 42.5 Å². The van der Waals surface area contributed by atoms with E-state index in [-0.39, 0.29) is 35.5 Å². The number of carbonyl (C=O) groups excluding carboxylic acids is 4. The SMILES string of the molecule is O=C(COC(=O)CN1C(=O)[C@H]2[C@@H]3C=C[C@@H]([C@H]4C[C@H]34)[C@@H]2C1=O)Nc1ccccc1. The molecule has 1 aromatic carbocycles. The molecule has 144 valence electrons. The molecule has 6 atom stereocenters. The summed E-state index contributed by atoms with van der Waals surface area (Å²) in [5.74, 6) is -1.17. The number of nitrogens with one attached hydrogen (secondary N) is 1. The molecule has 0 unspecified atom stereocenters. The van der Waals surface area contributed by atoms with Gasteiger partial charge in [0.1, 0.15) is 6.54 Å². The van der Waals surface area contributed by atoms with Crippen molar-refractivity contribution in [1.82, 2.24) is 4.90 Å². The van der Waals surface area contributed by atoms with Crippen LogP contribution in [0, 0.1) is 35.5 Å². The van der Waals surface area contributed by atoms with Crippen molar-refractivity contribution in [2.75, 3.05) is 18.5 Å². The molecular formula is C21H20N2O5. The number of esters is 1. The average Bonchev–Trinajstić information content (AvgIpc) is 3.48. The maximum Gasteiger partial charge on any atom is 0.326 e. The van der Waals surface area contributed by atoms with Crippen LogP contribution in [0.25, 0.3) is 0 Å². The van der Waals surface area contributed by atoms with Crippen LogP contribution in [0.4, 0.5) is 5.69 Å². The Kier molecular flexibility index (Phi) is 3.86. The fourth-order valence-electron chi connectivity index (χ4n) is 5.21. The van der Waals surface area contributed by atoms with Gasteiger partial charge in [-0.15, -0.1) is 0 Å². The van der Waals surface area contributed by atoms with E-state index < -0.39 is 25.0 Å². The second-order valence-corrected chi connectivity index (χ2v) is 7.99. The monoisotopic (exact) mass is 380 g/mol. The minimum Gasteiger partial charge on any atom is -0.454 e. The molecule has 3 amide bonds. The Morgan fingerprint density at radius 2 is 1.61 bits per heavy atom. The lowest BCUT2D eigenvalue weighted by Gasteiger charge is -2.37. The minimum absolute atomic E-state index is 0.120. The van der Waals surface area contributed by atoms with Crippen LogP contribution < -0.4 is 5.32 Å². The second kappa shape index (κ2) is 6.29. The predicted octanol–water partition coefficient (Wildman–Crippen LogP) is 1.22. The maximum absolute atomic E-state index is 12.8. The van der Waals surface area contributed by atoms with Gasteiger partial charge in [0.2, 0.25) is 11.8 Å². The van der Waals surface area contributed by atoms with Crippen molar-refractivity contribution in [2.24, 2.45) is 35.5 Å². The predicted molar refractivity (Wildman–Crippen MR) is 97.4 cm³/mol. The molecule has 0 radical (unpaired) electrons. The van der Waals surface area contributed by atoms with Gasteiger partial charge >= 0.3 is 5.97 Å². The van der Waals surface area contributed by atoms with Gasteiger partial charge in [-0.05, 0) is 42.2 Å². The number of rotatable bonds is 5. The highest BCUT2D eigenvalue weighted by atomic mass is 16.5. The number of anilines is 1. The lowest BCUT2D eigenvalue weighted by Crippen LogP contribution is -2.40. The molecule has 1 aromatic rings. The van der Waals surface area contributed by atoms with Gasteiger partial charge < -0.3 is 10.1 Å². The maximum atomic E-state index is 12.8. The van der Waals surface area contributed by atoms with Crippen molar-refractivity contribution in [1.29, 1.82) is 0 Å². The first-order valence-corrected chi connectivity index (χ1v) is 9.58. The topological polar surface area (TPSA) is 92.8 Å². The van der Waals surface area contributed by atoms with Crippen LogP contribution in [0.2, 0.25) is 0 Å². The van der Waals surface area contributed by atoms with Crippen LogP contribution in [-0.2, 0) is 23.9 Å². The van der Waals surface area contributed by atoms with E-state index in [1.807, 2.05) is 6.07 Å². The zero-order valence-electron chi connectivity index (χ0n) is 15.1. The highest BCUT2D eigenvalue weighted by Crippen LogP contribution is 2.65. The van der Waals surface area contributed by atoms with Crippen LogP contribution in [0.3, 0.4) is 0 Å². The van der Waals surface area contributed by atoms with Crippen molar-refractivity contribution in [3.8, 4) is 0 Å². The van der Waals surface area contributed by atoms with Gasteiger partial charge in [-0.25, -0.2) is 0 Å². The fourth-order valence-corrected chi connectivity index (χ4v) is 5.21. The highest BCUT2D eigenvalue weighted by Gasteiger charge is 2.67. The number of amides is 3. The van der Waals surface area contributed by atoms with Crippen molar-refractivity contribution >= 4 is 29.4 Å². The molecule has 1 saturated heterocycles. The number of nitrogens with zero attached hydrogens (tertiary/aromatic N) is 1. The Labute approximate surface area is 161 Å². The number of allylic oxidation sites excluding steroid dienone is 2. The molecule has 1 heterocycles. The van der Waals surface area contributed by atoms with Crippen molar-refractivity contribution < 1.29 is 23.9 Å². The molecule has 7 heteroatoms. The molecule has 7 nitrogen and oxygen atoms in total. The van der Waals surface area contributed by atoms with Crippen LogP contribution in [0.15, 0.2) is 42.5 Å². The van der Waals surface area contributed by atoms with Crippen LogP contribution in [0.1, 0.15) is 6.42 Å². The molecule has 2 saturated carbocycles. The lowest BCUT2D eigenvalue weighted by molar-refractivity contribution is -0.154. The Hall–Kier alpha value is -2.96. The minimum atomic E-state index is -0.756. The van der Waals surface area contributed by atoms with Crippen LogP contribution in [-0.4, -0.2) is 41.7 Å². The molecular weight excluding hydrogens is 360 g/mol. The van der Waals surface area contributed by atoms with Crippen LogP contribution in [0.5, 0.6) is 0 Å². The Morgan fingerprint density at radius 3 is 2.21 bits per heavy atom. The lowest BCUT2D eigenvalue weighted by atomic mass is 9.63. The molecule has 0 aromatic heterocycles. The van der Waals surface area contributed by atoms with Gasteiger partial charge in [0.15, 0.2) is 6.61 Å². The van der Waals surface area contributed by atoms with Gasteiger partial charge in [0, 0.05) is 5.69 Å². The van der Waals surface area contributed by atoms with E-state index in [1.165, 1.54) is 0 Å². The Bertz CT molecular complexity index is 859. The van der Waals surface area contributed by atoms with E-state index in [2.05, 4.69) is 17.5 Å². The quantitative estimate of drug-likeness (QED) is 0.471. The third-order valence-electron chi connectivity index (χ3n) is 6.46. The third kappa shape index (κ3) is 2.65. The molecule has 4 aliphatic carbocycles. The van der Waals surface area contributed by atoms with Gasteiger partial charge in [-0.2, -0.15) is 0 Å². The number of benzene rings is 1. The number of ether oxygens (including phenoxy) is 1.